The summed E-state index contributed by atoms with van der Waals surface area (Å²) in [6.07, 6.45) is -0.298. The lowest BCUT2D eigenvalue weighted by atomic mass is 9.63. The van der Waals surface area contributed by atoms with Gasteiger partial charge in [-0.25, -0.2) is 0 Å². The number of carbonyl (C=O) groups excluding carboxylic acids is 2. The summed E-state index contributed by atoms with van der Waals surface area (Å²) in [5, 5.41) is 13.2. The van der Waals surface area contributed by atoms with E-state index < -0.39 is 30.5 Å². The molecule has 1 amide bonds. The van der Waals surface area contributed by atoms with Crippen LogP contribution in [0.5, 0.6) is 0 Å². The molecule has 2 aromatic rings. The Hall–Kier alpha value is -3.52. The van der Waals surface area contributed by atoms with Crippen LogP contribution in [-0.2, 0) is 16.0 Å². The van der Waals surface area contributed by atoms with E-state index in [0.29, 0.717) is 34.5 Å². The van der Waals surface area contributed by atoms with Gasteiger partial charge in [-0.2, -0.15) is 13.2 Å². The Labute approximate surface area is 212 Å². The number of halogens is 3. The second-order valence-electron chi connectivity index (χ2n) is 10.1. The Morgan fingerprint density at radius 1 is 1.19 bits per heavy atom. The van der Waals surface area contributed by atoms with E-state index in [4.69, 9.17) is 0 Å². The van der Waals surface area contributed by atoms with Crippen LogP contribution in [0.25, 0.3) is 0 Å². The Morgan fingerprint density at radius 3 is 2.65 bits per heavy atom. The van der Waals surface area contributed by atoms with E-state index in [9.17, 15) is 27.9 Å². The van der Waals surface area contributed by atoms with E-state index in [0.717, 1.165) is 11.1 Å². The van der Waals surface area contributed by atoms with Gasteiger partial charge in [0.15, 0.2) is 11.4 Å². The largest absolute Gasteiger partial charge is 0.417 e. The Kier molecular flexibility index (Phi) is 6.40. The summed E-state index contributed by atoms with van der Waals surface area (Å²) in [7, 11) is 0. The maximum atomic E-state index is 13.6. The zero-order chi connectivity index (χ0) is 26.4. The molecule has 1 heterocycles. The van der Waals surface area contributed by atoms with Crippen molar-refractivity contribution in [1.82, 2.24) is 4.98 Å². The van der Waals surface area contributed by atoms with Gasteiger partial charge in [0.05, 0.1) is 11.4 Å². The van der Waals surface area contributed by atoms with Crippen molar-refractivity contribution in [3.8, 4) is 0 Å². The van der Waals surface area contributed by atoms with E-state index in [-0.39, 0.29) is 30.4 Å². The fourth-order valence-electron chi connectivity index (χ4n) is 5.72. The molecule has 0 spiro atoms. The topological polar surface area (TPSA) is 79.3 Å². The quantitative estimate of drug-likeness (QED) is 0.578. The number of rotatable bonds is 4. The van der Waals surface area contributed by atoms with Gasteiger partial charge in [-0.3, -0.25) is 14.6 Å². The summed E-state index contributed by atoms with van der Waals surface area (Å²) < 4.78 is 40.8. The number of Topliss-reactive ketones (excluding diaryl/α,β-unsaturated/α-hetero) is 1. The molecule has 5 nitrogen and oxygen atoms in total. The SMILES string of the molecule is Cc1ncccc1NC(=O)C1=C[C@@H](Cc2ccccc2)C2=C3CC[C@](O)(C(F)(F)F)C[C@H]3CC(=O)C2=C1. The zero-order valence-electron chi connectivity index (χ0n) is 20.3. The van der Waals surface area contributed by atoms with Gasteiger partial charge in [-0.15, -0.1) is 0 Å². The second-order valence-corrected chi connectivity index (χ2v) is 10.1. The lowest BCUT2D eigenvalue weighted by molar-refractivity contribution is -0.271. The molecule has 192 valence electrons. The molecule has 0 unspecified atom stereocenters. The number of carbonyl (C=O) groups is 2. The summed E-state index contributed by atoms with van der Waals surface area (Å²) in [6, 6.07) is 13.0. The molecule has 1 aromatic heterocycles. The first-order chi connectivity index (χ1) is 17.6. The van der Waals surface area contributed by atoms with E-state index in [1.54, 1.807) is 37.4 Å². The van der Waals surface area contributed by atoms with Gasteiger partial charge in [-0.1, -0.05) is 42.0 Å². The lowest BCUT2D eigenvalue weighted by Gasteiger charge is -2.44. The number of alkyl halides is 3. The molecule has 8 heteroatoms. The highest BCUT2D eigenvalue weighted by molar-refractivity contribution is 6.10. The first kappa shape index (κ1) is 25.1. The number of benzene rings is 1. The van der Waals surface area contributed by atoms with Crippen molar-refractivity contribution in [3.63, 3.8) is 0 Å². The van der Waals surface area contributed by atoms with Crippen LogP contribution in [0.4, 0.5) is 18.9 Å². The molecule has 0 radical (unpaired) electrons. The fraction of sp³-hybridized carbons (Fsp3) is 0.345. The number of amides is 1. The molecule has 0 saturated heterocycles. The summed E-state index contributed by atoms with van der Waals surface area (Å²) in [5.74, 6) is -1.72. The number of hydrogen-bond acceptors (Lipinski definition) is 4. The van der Waals surface area contributed by atoms with Crippen molar-refractivity contribution >= 4 is 17.4 Å². The summed E-state index contributed by atoms with van der Waals surface area (Å²) in [4.78, 5) is 30.7. The van der Waals surface area contributed by atoms with E-state index in [1.165, 1.54) is 0 Å². The van der Waals surface area contributed by atoms with Crippen LogP contribution < -0.4 is 5.32 Å². The van der Waals surface area contributed by atoms with Crippen LogP contribution in [0, 0.1) is 18.8 Å². The molecule has 1 aromatic carbocycles. The number of fused-ring (bicyclic) bond motifs is 2. The third kappa shape index (κ3) is 4.78. The van der Waals surface area contributed by atoms with Crippen molar-refractivity contribution in [3.05, 3.63) is 94.4 Å². The molecule has 5 rings (SSSR count). The second kappa shape index (κ2) is 9.41. The number of hydrogen-bond donors (Lipinski definition) is 2. The summed E-state index contributed by atoms with van der Waals surface area (Å²) in [6.45, 7) is 1.78. The van der Waals surface area contributed by atoms with Crippen LogP contribution in [-0.4, -0.2) is 33.6 Å². The van der Waals surface area contributed by atoms with Crippen LogP contribution in [0.1, 0.15) is 36.9 Å². The van der Waals surface area contributed by atoms with Crippen LogP contribution >= 0.6 is 0 Å². The average Bonchev–Trinajstić information content (AvgIpc) is 2.85. The predicted octanol–water partition coefficient (Wildman–Crippen LogP) is 5.42. The molecule has 2 N–H and O–H groups in total. The highest BCUT2D eigenvalue weighted by atomic mass is 19.4. The summed E-state index contributed by atoms with van der Waals surface area (Å²) in [5.41, 5.74) is 1.62. The van der Waals surface area contributed by atoms with Gasteiger partial charge < -0.3 is 10.4 Å². The van der Waals surface area contributed by atoms with Crippen molar-refractivity contribution in [2.75, 3.05) is 5.32 Å². The number of allylic oxidation sites excluding steroid dienone is 4. The number of aryl methyl sites for hydroxylation is 1. The van der Waals surface area contributed by atoms with Gasteiger partial charge >= 0.3 is 6.18 Å². The van der Waals surface area contributed by atoms with E-state index >= 15 is 0 Å². The maximum absolute atomic E-state index is 13.6. The molecule has 1 fully saturated rings. The molecular formula is C29H27F3N2O3. The van der Waals surface area contributed by atoms with Crippen LogP contribution in [0.15, 0.2) is 83.1 Å². The third-order valence-electron chi connectivity index (χ3n) is 7.65. The van der Waals surface area contributed by atoms with Crippen molar-refractivity contribution in [2.45, 2.75) is 50.8 Å². The number of nitrogens with zero attached hydrogens (tertiary/aromatic N) is 1. The van der Waals surface area contributed by atoms with Gasteiger partial charge in [-0.05, 0) is 67.9 Å². The summed E-state index contributed by atoms with van der Waals surface area (Å²) >= 11 is 0. The number of nitrogens with one attached hydrogen (secondary N) is 1. The van der Waals surface area contributed by atoms with Crippen molar-refractivity contribution in [1.29, 1.82) is 0 Å². The standard InChI is InChI=1S/C29H27F3N2O3/c1-17-24(8-5-11-33-17)34-27(36)20-13-19(12-18-6-3-2-4-7-18)26-22-9-10-28(37,29(30,31)32)16-21(22)15-25(35)23(26)14-20/h2-8,11,13-14,19,21,37H,9-10,12,15-16H2,1H3,(H,34,36)/t19-,21-,28-/m1/s1. The molecule has 3 aliphatic rings. The van der Waals surface area contributed by atoms with E-state index in [1.807, 2.05) is 30.3 Å². The van der Waals surface area contributed by atoms with Crippen LogP contribution in [0.3, 0.4) is 0 Å². The smallest absolute Gasteiger partial charge is 0.380 e. The van der Waals surface area contributed by atoms with Gasteiger partial charge in [0.25, 0.3) is 5.91 Å². The zero-order valence-corrected chi connectivity index (χ0v) is 20.3. The van der Waals surface area contributed by atoms with Crippen molar-refractivity contribution in [2.24, 2.45) is 11.8 Å². The minimum atomic E-state index is -4.76. The predicted molar refractivity (Wildman–Crippen MR) is 132 cm³/mol. The lowest BCUT2D eigenvalue weighted by Crippen LogP contribution is -2.50. The molecule has 37 heavy (non-hydrogen) atoms. The Bertz CT molecular complexity index is 1340. The number of aliphatic hydroxyl groups is 1. The number of pyridine rings is 1. The molecule has 3 aliphatic carbocycles. The number of ketones is 1. The molecule has 0 bridgehead atoms. The Morgan fingerprint density at radius 2 is 1.95 bits per heavy atom. The van der Waals surface area contributed by atoms with Crippen molar-refractivity contribution < 1.29 is 27.9 Å². The minimum absolute atomic E-state index is 0.0518. The van der Waals surface area contributed by atoms with E-state index in [2.05, 4.69) is 10.3 Å². The first-order valence-electron chi connectivity index (χ1n) is 12.3. The fourth-order valence-corrected chi connectivity index (χ4v) is 5.72. The number of aromatic nitrogens is 1. The van der Waals surface area contributed by atoms with Crippen LogP contribution in [0.2, 0.25) is 0 Å². The minimum Gasteiger partial charge on any atom is -0.380 e. The molecular weight excluding hydrogens is 481 g/mol. The van der Waals surface area contributed by atoms with Gasteiger partial charge in [0, 0.05) is 29.7 Å². The highest BCUT2D eigenvalue weighted by Gasteiger charge is 2.57. The Balaban J connectivity index is 1.54. The maximum Gasteiger partial charge on any atom is 0.417 e. The average molecular weight is 509 g/mol. The van der Waals surface area contributed by atoms with Gasteiger partial charge in [0.2, 0.25) is 0 Å². The number of anilines is 1. The molecule has 0 aliphatic heterocycles. The molecule has 1 saturated carbocycles. The third-order valence-corrected chi connectivity index (χ3v) is 7.65. The molecule has 3 atom stereocenters. The first-order valence-corrected chi connectivity index (χ1v) is 12.3. The highest BCUT2D eigenvalue weighted by Crippen LogP contribution is 2.52. The normalized spacial score (nSPS) is 25.6. The monoisotopic (exact) mass is 508 g/mol. The van der Waals surface area contributed by atoms with Gasteiger partial charge in [0.1, 0.15) is 0 Å².